The van der Waals surface area contributed by atoms with E-state index < -0.39 is 61.9 Å². The second kappa shape index (κ2) is 7.47. The van der Waals surface area contributed by atoms with Crippen molar-refractivity contribution in [3.8, 4) is 0 Å². The normalized spacial score (nSPS) is 50.0. The van der Waals surface area contributed by atoms with Crippen LogP contribution in [0.4, 0.5) is 0 Å². The predicted molar refractivity (Wildman–Crippen MR) is 70.4 cm³/mol. The van der Waals surface area contributed by atoms with Gasteiger partial charge in [0, 0.05) is 6.42 Å². The molecule has 9 atom stereocenters. The summed E-state index contributed by atoms with van der Waals surface area (Å²) in [4.78, 5) is 0. The van der Waals surface area contributed by atoms with E-state index in [1.54, 1.807) is 6.92 Å². The van der Waals surface area contributed by atoms with Gasteiger partial charge in [-0.15, -0.1) is 0 Å². The molecule has 2 heterocycles. The standard InChI is InChI=1S/C13H24O9/c1-2-7-9(17)10(18)11(19)13(20-7)22-12-6(16)3-5(15)8(4-14)21-12/h5-19H,2-4H2,1H3/t5-,6?,7?,8?,9+,10?,11+,12+,13+/m0/s1. The fraction of sp³-hybridized carbons (Fsp3) is 1.00. The van der Waals surface area contributed by atoms with Crippen LogP contribution in [-0.2, 0) is 14.2 Å². The van der Waals surface area contributed by atoms with E-state index in [0.717, 1.165) is 0 Å². The fourth-order valence-corrected chi connectivity index (χ4v) is 2.65. The lowest BCUT2D eigenvalue weighted by Gasteiger charge is -2.43. The van der Waals surface area contributed by atoms with Crippen LogP contribution in [0.25, 0.3) is 0 Å². The maximum atomic E-state index is 9.92. The highest BCUT2D eigenvalue weighted by atomic mass is 16.8. The predicted octanol–water partition coefficient (Wildman–Crippen LogP) is -2.95. The first-order chi connectivity index (χ1) is 10.4. The minimum atomic E-state index is -1.52. The van der Waals surface area contributed by atoms with Crippen LogP contribution in [0.2, 0.25) is 0 Å². The zero-order valence-electron chi connectivity index (χ0n) is 12.2. The second-order valence-electron chi connectivity index (χ2n) is 5.65. The monoisotopic (exact) mass is 324 g/mol. The minimum Gasteiger partial charge on any atom is -0.394 e. The van der Waals surface area contributed by atoms with Gasteiger partial charge in [0.25, 0.3) is 0 Å². The molecular weight excluding hydrogens is 300 g/mol. The smallest absolute Gasteiger partial charge is 0.189 e. The summed E-state index contributed by atoms with van der Waals surface area (Å²) < 4.78 is 16.0. The topological polar surface area (TPSA) is 149 Å². The first-order valence-electron chi connectivity index (χ1n) is 7.36. The summed E-state index contributed by atoms with van der Waals surface area (Å²) in [5.41, 5.74) is 0. The number of aliphatic hydroxyl groups is 6. The van der Waals surface area contributed by atoms with Crippen LogP contribution in [0.5, 0.6) is 0 Å². The van der Waals surface area contributed by atoms with Crippen LogP contribution in [0, 0.1) is 0 Å². The van der Waals surface area contributed by atoms with Crippen molar-refractivity contribution in [2.75, 3.05) is 6.61 Å². The summed E-state index contributed by atoms with van der Waals surface area (Å²) in [6.07, 6.45) is -10.3. The zero-order valence-corrected chi connectivity index (χ0v) is 12.2. The van der Waals surface area contributed by atoms with Crippen LogP contribution in [0.15, 0.2) is 0 Å². The average Bonchev–Trinajstić information content (AvgIpc) is 2.50. The van der Waals surface area contributed by atoms with Crippen molar-refractivity contribution in [2.24, 2.45) is 0 Å². The van der Waals surface area contributed by atoms with Gasteiger partial charge in [0.2, 0.25) is 0 Å². The van der Waals surface area contributed by atoms with E-state index in [2.05, 4.69) is 0 Å². The third-order valence-electron chi connectivity index (χ3n) is 4.05. The molecule has 2 fully saturated rings. The Balaban J connectivity index is 2.02. The SMILES string of the molecule is CCC1O[C@H](O[C@H]2OC(CO)[C@@H](O)CC2O)[C@H](O)C(O)[C@@H]1O. The molecule has 2 aliphatic rings. The zero-order chi connectivity index (χ0) is 16.4. The Morgan fingerprint density at radius 3 is 2.09 bits per heavy atom. The molecule has 9 heteroatoms. The summed E-state index contributed by atoms with van der Waals surface area (Å²) in [5.74, 6) is 0. The lowest BCUT2D eigenvalue weighted by molar-refractivity contribution is -0.364. The Bertz CT molecular complexity index is 352. The Hall–Kier alpha value is -0.360. The van der Waals surface area contributed by atoms with Crippen molar-refractivity contribution in [1.29, 1.82) is 0 Å². The molecule has 0 aliphatic carbocycles. The second-order valence-corrected chi connectivity index (χ2v) is 5.65. The van der Waals surface area contributed by atoms with Gasteiger partial charge in [-0.2, -0.15) is 0 Å². The van der Waals surface area contributed by atoms with Crippen molar-refractivity contribution in [2.45, 2.75) is 75.1 Å². The molecule has 9 nitrogen and oxygen atoms in total. The first-order valence-corrected chi connectivity index (χ1v) is 7.36. The van der Waals surface area contributed by atoms with Gasteiger partial charge in [-0.1, -0.05) is 6.92 Å². The van der Waals surface area contributed by atoms with Crippen LogP contribution in [0.3, 0.4) is 0 Å². The van der Waals surface area contributed by atoms with Gasteiger partial charge >= 0.3 is 0 Å². The molecule has 2 rings (SSSR count). The summed E-state index contributed by atoms with van der Waals surface area (Å²) in [5, 5.41) is 58.1. The maximum absolute atomic E-state index is 9.92. The van der Waals surface area contributed by atoms with E-state index in [4.69, 9.17) is 19.3 Å². The highest BCUT2D eigenvalue weighted by Gasteiger charge is 2.46. The molecule has 0 saturated carbocycles. The maximum Gasteiger partial charge on any atom is 0.189 e. The largest absolute Gasteiger partial charge is 0.394 e. The van der Waals surface area contributed by atoms with Crippen LogP contribution in [0.1, 0.15) is 19.8 Å². The minimum absolute atomic E-state index is 0.0684. The third-order valence-corrected chi connectivity index (χ3v) is 4.05. The van der Waals surface area contributed by atoms with Gasteiger partial charge in [-0.3, -0.25) is 0 Å². The van der Waals surface area contributed by atoms with Crippen LogP contribution < -0.4 is 0 Å². The van der Waals surface area contributed by atoms with Crippen LogP contribution in [-0.4, -0.2) is 92.6 Å². The molecule has 6 N–H and O–H groups in total. The summed E-state index contributed by atoms with van der Waals surface area (Å²) in [7, 11) is 0. The van der Waals surface area contributed by atoms with Crippen molar-refractivity contribution in [1.82, 2.24) is 0 Å². The highest BCUT2D eigenvalue weighted by molar-refractivity contribution is 4.89. The molecule has 0 amide bonds. The highest BCUT2D eigenvalue weighted by Crippen LogP contribution is 2.28. The van der Waals surface area contributed by atoms with Gasteiger partial charge in [0.15, 0.2) is 12.6 Å². The summed E-state index contributed by atoms with van der Waals surface area (Å²) >= 11 is 0. The number of rotatable bonds is 4. The quantitative estimate of drug-likeness (QED) is 0.319. The number of hydrogen-bond acceptors (Lipinski definition) is 9. The fourth-order valence-electron chi connectivity index (χ4n) is 2.65. The average molecular weight is 324 g/mol. The molecule has 2 aliphatic heterocycles. The molecule has 2 saturated heterocycles. The molecule has 0 radical (unpaired) electrons. The molecule has 0 aromatic carbocycles. The first kappa shape index (κ1) is 18.0. The van der Waals surface area contributed by atoms with E-state index in [9.17, 15) is 25.5 Å². The molecule has 0 spiro atoms. The molecule has 0 bridgehead atoms. The molecule has 130 valence electrons. The summed E-state index contributed by atoms with van der Waals surface area (Å²) in [6.45, 7) is 1.28. The van der Waals surface area contributed by atoms with Crippen molar-refractivity contribution in [3.63, 3.8) is 0 Å². The molecular formula is C13H24O9. The molecule has 4 unspecified atom stereocenters. The van der Waals surface area contributed by atoms with Gasteiger partial charge < -0.3 is 44.8 Å². The van der Waals surface area contributed by atoms with Crippen LogP contribution >= 0.6 is 0 Å². The third kappa shape index (κ3) is 3.58. The van der Waals surface area contributed by atoms with Crippen molar-refractivity contribution >= 4 is 0 Å². The van der Waals surface area contributed by atoms with Crippen molar-refractivity contribution < 1.29 is 44.8 Å². The number of hydrogen-bond donors (Lipinski definition) is 6. The Kier molecular flexibility index (Phi) is 6.11. The number of aliphatic hydroxyl groups excluding tert-OH is 6. The summed E-state index contributed by atoms with van der Waals surface area (Å²) in [6, 6.07) is 0. The Morgan fingerprint density at radius 2 is 1.50 bits per heavy atom. The lowest BCUT2D eigenvalue weighted by atomic mass is 9.97. The van der Waals surface area contributed by atoms with Gasteiger partial charge in [0.05, 0.1) is 18.8 Å². The molecule has 0 aromatic rings. The lowest BCUT2D eigenvalue weighted by Crippen LogP contribution is -2.60. The Labute approximate surface area is 127 Å². The van der Waals surface area contributed by atoms with E-state index in [1.165, 1.54) is 0 Å². The van der Waals surface area contributed by atoms with E-state index in [0.29, 0.717) is 6.42 Å². The molecule has 0 aromatic heterocycles. The van der Waals surface area contributed by atoms with E-state index in [1.807, 2.05) is 0 Å². The van der Waals surface area contributed by atoms with E-state index >= 15 is 0 Å². The van der Waals surface area contributed by atoms with E-state index in [-0.39, 0.29) is 6.42 Å². The van der Waals surface area contributed by atoms with Gasteiger partial charge in [0.1, 0.15) is 30.5 Å². The van der Waals surface area contributed by atoms with Crippen molar-refractivity contribution in [3.05, 3.63) is 0 Å². The van der Waals surface area contributed by atoms with Gasteiger partial charge in [-0.05, 0) is 6.42 Å². The molecule has 22 heavy (non-hydrogen) atoms. The Morgan fingerprint density at radius 1 is 0.864 bits per heavy atom. The van der Waals surface area contributed by atoms with Gasteiger partial charge in [-0.25, -0.2) is 0 Å². The number of ether oxygens (including phenoxy) is 3.